The number of carbonyl (C=O) groups is 1. The van der Waals surface area contributed by atoms with Crippen LogP contribution in [0.1, 0.15) is 27.9 Å². The summed E-state index contributed by atoms with van der Waals surface area (Å²) >= 11 is 12.0. The summed E-state index contributed by atoms with van der Waals surface area (Å²) in [6, 6.07) is 7.64. The Morgan fingerprint density at radius 2 is 2.14 bits per heavy atom. The van der Waals surface area contributed by atoms with Crippen LogP contribution in [0.25, 0.3) is 0 Å². The van der Waals surface area contributed by atoms with Crippen LogP contribution in [0, 0.1) is 6.92 Å². The summed E-state index contributed by atoms with van der Waals surface area (Å²) in [5.74, 6) is -0.125. The summed E-state index contributed by atoms with van der Waals surface area (Å²) in [4.78, 5) is 18.5. The van der Waals surface area contributed by atoms with Crippen LogP contribution < -0.4 is 4.90 Å². The number of carbonyl (C=O) groups excluding carboxylic acids is 1. The molecule has 3 rings (SSSR count). The van der Waals surface area contributed by atoms with Crippen molar-refractivity contribution in [2.75, 3.05) is 11.4 Å². The fourth-order valence-electron chi connectivity index (χ4n) is 2.77. The number of pyridine rings is 1. The Hall–Kier alpha value is -1.58. The molecule has 0 bridgehead atoms. The fraction of sp³-hybridized carbons (Fsp3) is 0.250. The Morgan fingerprint density at radius 1 is 1.33 bits per heavy atom. The minimum Gasteiger partial charge on any atom is -0.308 e. The van der Waals surface area contributed by atoms with Gasteiger partial charge < -0.3 is 4.90 Å². The Bertz CT molecular complexity index is 715. The molecule has 1 aliphatic heterocycles. The van der Waals surface area contributed by atoms with Gasteiger partial charge in [0.25, 0.3) is 5.91 Å². The van der Waals surface area contributed by atoms with Gasteiger partial charge >= 0.3 is 0 Å². The van der Waals surface area contributed by atoms with Gasteiger partial charge in [0.2, 0.25) is 0 Å². The van der Waals surface area contributed by atoms with Gasteiger partial charge in [0, 0.05) is 12.7 Å². The lowest BCUT2D eigenvalue weighted by Gasteiger charge is -2.31. The standard InChI is InChI=1S/C16H14Cl2N2O/c1-10-4-2-5-11-6-3-7-20(15(10)11)16(21)12-8-14(18)19-9-13(12)17/h2,4-5,8-9H,3,6-7H2,1H3. The van der Waals surface area contributed by atoms with Gasteiger partial charge in [-0.2, -0.15) is 0 Å². The van der Waals surface area contributed by atoms with Gasteiger partial charge in [-0.15, -0.1) is 0 Å². The number of para-hydroxylation sites is 1. The molecule has 0 fully saturated rings. The second kappa shape index (κ2) is 5.66. The van der Waals surface area contributed by atoms with E-state index in [9.17, 15) is 4.79 Å². The number of aromatic nitrogens is 1. The van der Waals surface area contributed by atoms with Crippen LogP contribution in [0.2, 0.25) is 10.2 Å². The zero-order valence-electron chi connectivity index (χ0n) is 11.6. The van der Waals surface area contributed by atoms with E-state index in [1.54, 1.807) is 4.90 Å². The average Bonchev–Trinajstić information content (AvgIpc) is 2.49. The van der Waals surface area contributed by atoms with Crippen molar-refractivity contribution in [3.8, 4) is 0 Å². The van der Waals surface area contributed by atoms with Crippen LogP contribution in [0.3, 0.4) is 0 Å². The normalized spacial score (nSPS) is 14.0. The van der Waals surface area contributed by atoms with Crippen LogP contribution in [-0.2, 0) is 6.42 Å². The van der Waals surface area contributed by atoms with Crippen LogP contribution in [-0.4, -0.2) is 17.4 Å². The van der Waals surface area contributed by atoms with Gasteiger partial charge in [0.1, 0.15) is 5.15 Å². The summed E-state index contributed by atoms with van der Waals surface area (Å²) < 4.78 is 0. The fourth-order valence-corrected chi connectivity index (χ4v) is 3.11. The number of halogens is 2. The van der Waals surface area contributed by atoms with Crippen LogP contribution in [0.4, 0.5) is 5.69 Å². The lowest BCUT2D eigenvalue weighted by molar-refractivity contribution is 0.0985. The maximum Gasteiger partial charge on any atom is 0.259 e. The summed E-state index contributed by atoms with van der Waals surface area (Å²) in [6.45, 7) is 2.71. The Kier molecular flexibility index (Phi) is 3.87. The number of anilines is 1. The van der Waals surface area contributed by atoms with Gasteiger partial charge in [-0.3, -0.25) is 4.79 Å². The molecule has 21 heavy (non-hydrogen) atoms. The second-order valence-corrected chi connectivity index (χ2v) is 5.92. The first-order chi connectivity index (χ1) is 10.1. The van der Waals surface area contributed by atoms with Crippen molar-refractivity contribution in [1.82, 2.24) is 4.98 Å². The van der Waals surface area contributed by atoms with E-state index >= 15 is 0 Å². The molecule has 0 saturated heterocycles. The molecule has 1 amide bonds. The van der Waals surface area contributed by atoms with E-state index in [1.807, 2.05) is 19.1 Å². The van der Waals surface area contributed by atoms with E-state index in [-0.39, 0.29) is 11.1 Å². The molecule has 0 aliphatic carbocycles. The predicted octanol–water partition coefficient (Wildman–Crippen LogP) is 4.29. The number of hydrogen-bond donors (Lipinski definition) is 0. The molecule has 1 aromatic carbocycles. The molecule has 108 valence electrons. The number of amides is 1. The number of rotatable bonds is 1. The lowest BCUT2D eigenvalue weighted by Crippen LogP contribution is -2.36. The molecule has 0 unspecified atom stereocenters. The predicted molar refractivity (Wildman–Crippen MR) is 85.4 cm³/mol. The minimum atomic E-state index is -0.125. The smallest absolute Gasteiger partial charge is 0.259 e. The molecule has 2 aromatic rings. The van der Waals surface area contributed by atoms with Gasteiger partial charge in [-0.1, -0.05) is 41.4 Å². The Labute approximate surface area is 133 Å². The van der Waals surface area contributed by atoms with Crippen molar-refractivity contribution in [1.29, 1.82) is 0 Å². The third-order valence-corrected chi connectivity index (χ3v) is 4.22. The molecular formula is C16H14Cl2N2O. The third kappa shape index (κ3) is 2.63. The third-order valence-electron chi connectivity index (χ3n) is 3.72. The molecule has 0 spiro atoms. The van der Waals surface area contributed by atoms with Crippen molar-refractivity contribution in [2.45, 2.75) is 19.8 Å². The molecule has 0 N–H and O–H groups in total. The highest BCUT2D eigenvalue weighted by Crippen LogP contribution is 2.32. The monoisotopic (exact) mass is 320 g/mol. The summed E-state index contributed by atoms with van der Waals surface area (Å²) in [5, 5.41) is 0.592. The number of nitrogens with zero attached hydrogens (tertiary/aromatic N) is 2. The second-order valence-electron chi connectivity index (χ2n) is 5.13. The molecule has 2 heterocycles. The van der Waals surface area contributed by atoms with E-state index in [1.165, 1.54) is 17.8 Å². The summed E-state index contributed by atoms with van der Waals surface area (Å²) in [7, 11) is 0. The highest BCUT2D eigenvalue weighted by atomic mass is 35.5. The minimum absolute atomic E-state index is 0.125. The largest absolute Gasteiger partial charge is 0.308 e. The SMILES string of the molecule is Cc1cccc2c1N(C(=O)c1cc(Cl)ncc1Cl)CCC2. The first kappa shape index (κ1) is 14.4. The molecule has 1 aliphatic rings. The Balaban J connectivity index is 2.06. The zero-order valence-corrected chi connectivity index (χ0v) is 13.1. The molecular weight excluding hydrogens is 307 g/mol. The van der Waals surface area contributed by atoms with Crippen molar-refractivity contribution in [3.63, 3.8) is 0 Å². The molecule has 5 heteroatoms. The quantitative estimate of drug-likeness (QED) is 0.734. The number of benzene rings is 1. The maximum absolute atomic E-state index is 12.8. The van der Waals surface area contributed by atoms with Crippen LogP contribution in [0.5, 0.6) is 0 Å². The molecule has 0 radical (unpaired) electrons. The van der Waals surface area contributed by atoms with Crippen molar-refractivity contribution < 1.29 is 4.79 Å². The maximum atomic E-state index is 12.8. The van der Waals surface area contributed by atoms with Crippen LogP contribution in [0.15, 0.2) is 30.5 Å². The average molecular weight is 321 g/mol. The highest BCUT2D eigenvalue weighted by molar-refractivity contribution is 6.35. The molecule has 0 saturated carbocycles. The highest BCUT2D eigenvalue weighted by Gasteiger charge is 2.26. The lowest BCUT2D eigenvalue weighted by atomic mass is 9.97. The molecule has 1 aromatic heterocycles. The number of fused-ring (bicyclic) bond motifs is 1. The summed E-state index contributed by atoms with van der Waals surface area (Å²) in [5.41, 5.74) is 3.69. The molecule has 3 nitrogen and oxygen atoms in total. The summed E-state index contributed by atoms with van der Waals surface area (Å²) in [6.07, 6.45) is 3.35. The van der Waals surface area contributed by atoms with Gasteiger partial charge in [0.05, 0.1) is 16.3 Å². The first-order valence-corrected chi connectivity index (χ1v) is 7.55. The van der Waals surface area contributed by atoms with Crippen molar-refractivity contribution >= 4 is 34.8 Å². The number of aryl methyl sites for hydroxylation is 2. The van der Waals surface area contributed by atoms with Crippen molar-refractivity contribution in [3.05, 3.63) is 57.3 Å². The van der Waals surface area contributed by atoms with E-state index < -0.39 is 0 Å². The topological polar surface area (TPSA) is 33.2 Å². The number of hydrogen-bond acceptors (Lipinski definition) is 2. The Morgan fingerprint density at radius 3 is 2.95 bits per heavy atom. The van der Waals surface area contributed by atoms with E-state index in [0.29, 0.717) is 17.1 Å². The molecule has 0 atom stereocenters. The van der Waals surface area contributed by atoms with Crippen molar-refractivity contribution in [2.24, 2.45) is 0 Å². The zero-order chi connectivity index (χ0) is 15.0. The van der Waals surface area contributed by atoms with E-state index in [0.717, 1.165) is 24.1 Å². The van der Waals surface area contributed by atoms with Gasteiger partial charge in [-0.25, -0.2) is 4.98 Å². The van der Waals surface area contributed by atoms with Gasteiger partial charge in [0.15, 0.2) is 0 Å². The van der Waals surface area contributed by atoms with E-state index in [2.05, 4.69) is 11.1 Å². The first-order valence-electron chi connectivity index (χ1n) is 6.79. The van der Waals surface area contributed by atoms with Crippen LogP contribution >= 0.6 is 23.2 Å². The van der Waals surface area contributed by atoms with E-state index in [4.69, 9.17) is 23.2 Å². The van der Waals surface area contributed by atoms with Gasteiger partial charge in [-0.05, 0) is 37.0 Å².